The van der Waals surface area contributed by atoms with Gasteiger partial charge in [-0.15, -0.1) is 0 Å². The van der Waals surface area contributed by atoms with Gasteiger partial charge in [0.2, 0.25) is 5.91 Å². The van der Waals surface area contributed by atoms with Gasteiger partial charge in [0, 0.05) is 0 Å². The largest absolute Gasteiger partial charge is 0.461 e. The first-order chi connectivity index (χ1) is 19.0. The molecular weight excluding hydrogens is 486 g/mol. The number of aliphatic hydroxyl groups excluding tert-OH is 1. The van der Waals surface area contributed by atoms with Crippen molar-refractivity contribution in [2.24, 2.45) is 11.3 Å². The van der Waals surface area contributed by atoms with Gasteiger partial charge < -0.3 is 15.2 Å². The molecule has 1 saturated carbocycles. The Balaban J connectivity index is 1.33. The van der Waals surface area contributed by atoms with Crippen LogP contribution in [0, 0.1) is 11.3 Å². The highest BCUT2D eigenvalue weighted by Crippen LogP contribution is 2.45. The van der Waals surface area contributed by atoms with Gasteiger partial charge in [-0.1, -0.05) is 97.8 Å². The van der Waals surface area contributed by atoms with E-state index in [1.165, 1.54) is 16.7 Å². The summed E-state index contributed by atoms with van der Waals surface area (Å²) in [5.41, 5.74) is 3.15. The number of carbonyl (C=O) groups is 2. The van der Waals surface area contributed by atoms with Crippen molar-refractivity contribution in [2.45, 2.75) is 69.9 Å². The van der Waals surface area contributed by atoms with Crippen molar-refractivity contribution in [3.05, 3.63) is 107 Å². The van der Waals surface area contributed by atoms with Crippen LogP contribution in [0.4, 0.5) is 0 Å². The molecule has 2 aliphatic rings. The highest BCUT2D eigenvalue weighted by atomic mass is 16.5. The zero-order valence-corrected chi connectivity index (χ0v) is 22.6. The molecule has 0 bridgehead atoms. The smallest absolute Gasteiger partial charge is 0.309 e. The fourth-order valence-corrected chi connectivity index (χ4v) is 6.49. The first-order valence-corrected chi connectivity index (χ1v) is 14.3. The third-order valence-electron chi connectivity index (χ3n) is 8.72. The van der Waals surface area contributed by atoms with E-state index in [0.717, 1.165) is 37.7 Å². The first kappa shape index (κ1) is 27.1. The number of hydrogen-bond acceptors (Lipinski definition) is 4. The van der Waals surface area contributed by atoms with Crippen molar-refractivity contribution in [3.8, 4) is 0 Å². The molecule has 2 N–H and O–H groups in total. The monoisotopic (exact) mass is 525 g/mol. The molecule has 3 aromatic rings. The number of amides is 1. The average molecular weight is 526 g/mol. The van der Waals surface area contributed by atoms with E-state index < -0.39 is 11.0 Å². The van der Waals surface area contributed by atoms with Crippen LogP contribution in [0.15, 0.2) is 84.9 Å². The minimum absolute atomic E-state index is 0.0255. The van der Waals surface area contributed by atoms with E-state index in [2.05, 4.69) is 29.6 Å². The summed E-state index contributed by atoms with van der Waals surface area (Å²) in [7, 11) is 0. The van der Waals surface area contributed by atoms with Gasteiger partial charge in [-0.3, -0.25) is 9.59 Å². The molecule has 0 aromatic heterocycles. The Morgan fingerprint density at radius 1 is 0.821 bits per heavy atom. The van der Waals surface area contributed by atoms with E-state index >= 15 is 0 Å². The maximum atomic E-state index is 14.1. The number of fused-ring (bicyclic) bond motifs is 1. The van der Waals surface area contributed by atoms with Crippen LogP contribution < -0.4 is 5.32 Å². The molecule has 5 heteroatoms. The predicted molar refractivity (Wildman–Crippen MR) is 152 cm³/mol. The lowest BCUT2D eigenvalue weighted by atomic mass is 9.74. The number of aliphatic hydroxyl groups is 1. The van der Waals surface area contributed by atoms with E-state index in [1.807, 2.05) is 60.7 Å². The summed E-state index contributed by atoms with van der Waals surface area (Å²) in [6.45, 7) is 0.118. The van der Waals surface area contributed by atoms with Gasteiger partial charge in [0.25, 0.3) is 0 Å². The second-order valence-electron chi connectivity index (χ2n) is 11.5. The standard InChI is InChI=1S/C34H39NO4/c36-25-34(22-28-15-7-8-16-29(28)23-34)35-32(38)33(19-9-10-20-33)21-30(18-17-26-11-3-1-4-12-26)31(37)39-24-27-13-5-2-6-14-27/h1-8,11-16,30,36H,9-10,17-25H2,(H,35,38)/t30-/m0/s1. The molecule has 1 fully saturated rings. The molecule has 0 unspecified atom stereocenters. The van der Waals surface area contributed by atoms with Gasteiger partial charge in [-0.2, -0.15) is 0 Å². The quantitative estimate of drug-likeness (QED) is 0.321. The van der Waals surface area contributed by atoms with Crippen LogP contribution in [0.2, 0.25) is 0 Å². The Morgan fingerprint density at radius 2 is 1.38 bits per heavy atom. The highest BCUT2D eigenvalue weighted by molar-refractivity contribution is 5.85. The minimum Gasteiger partial charge on any atom is -0.461 e. The number of aryl methyl sites for hydroxylation is 1. The highest BCUT2D eigenvalue weighted by Gasteiger charge is 2.48. The Bertz CT molecular complexity index is 1230. The summed E-state index contributed by atoms with van der Waals surface area (Å²) in [6, 6.07) is 28.0. The Labute approximate surface area is 231 Å². The van der Waals surface area contributed by atoms with Gasteiger partial charge >= 0.3 is 5.97 Å². The fourth-order valence-electron chi connectivity index (χ4n) is 6.49. The van der Waals surface area contributed by atoms with E-state index in [0.29, 0.717) is 25.7 Å². The molecule has 0 spiro atoms. The van der Waals surface area contributed by atoms with E-state index in [9.17, 15) is 14.7 Å². The number of ether oxygens (including phenoxy) is 1. The van der Waals surface area contributed by atoms with Gasteiger partial charge in [0.15, 0.2) is 0 Å². The van der Waals surface area contributed by atoms with Gasteiger partial charge in [0.1, 0.15) is 6.61 Å². The number of nitrogens with one attached hydrogen (secondary N) is 1. The van der Waals surface area contributed by atoms with Crippen LogP contribution in [0.25, 0.3) is 0 Å². The van der Waals surface area contributed by atoms with Crippen LogP contribution in [-0.4, -0.2) is 29.1 Å². The van der Waals surface area contributed by atoms with Crippen LogP contribution in [0.1, 0.15) is 60.8 Å². The number of rotatable bonds is 11. The molecule has 5 rings (SSSR count). The van der Waals surface area contributed by atoms with Crippen molar-refractivity contribution >= 4 is 11.9 Å². The molecule has 0 saturated heterocycles. The van der Waals surface area contributed by atoms with E-state index in [-0.39, 0.29) is 31.0 Å². The number of hydrogen-bond donors (Lipinski definition) is 2. The Hall–Kier alpha value is -3.44. The summed E-state index contributed by atoms with van der Waals surface area (Å²) in [4.78, 5) is 27.6. The molecule has 39 heavy (non-hydrogen) atoms. The Morgan fingerprint density at radius 3 is 1.97 bits per heavy atom. The van der Waals surface area contributed by atoms with Gasteiger partial charge in [-0.05, 0) is 67.2 Å². The molecule has 1 atom stereocenters. The molecule has 5 nitrogen and oxygen atoms in total. The van der Waals surface area contributed by atoms with Crippen LogP contribution in [0.5, 0.6) is 0 Å². The summed E-state index contributed by atoms with van der Waals surface area (Å²) in [6.07, 6.45) is 6.52. The second-order valence-corrected chi connectivity index (χ2v) is 11.5. The van der Waals surface area contributed by atoms with Crippen molar-refractivity contribution in [3.63, 3.8) is 0 Å². The van der Waals surface area contributed by atoms with Crippen LogP contribution in [-0.2, 0) is 40.2 Å². The maximum Gasteiger partial charge on any atom is 0.309 e. The number of benzene rings is 3. The number of esters is 1. The lowest BCUT2D eigenvalue weighted by Crippen LogP contribution is -2.56. The molecular formula is C34H39NO4. The van der Waals surface area contributed by atoms with Crippen LogP contribution in [0.3, 0.4) is 0 Å². The average Bonchev–Trinajstić information content (AvgIpc) is 3.60. The molecule has 204 valence electrons. The summed E-state index contributed by atoms with van der Waals surface area (Å²) >= 11 is 0. The second kappa shape index (κ2) is 12.2. The molecule has 1 amide bonds. The van der Waals surface area contributed by atoms with Gasteiger partial charge in [-0.25, -0.2) is 0 Å². The molecule has 0 heterocycles. The summed E-state index contributed by atoms with van der Waals surface area (Å²) in [5.74, 6) is -0.648. The van der Waals surface area contributed by atoms with E-state index in [4.69, 9.17) is 4.74 Å². The predicted octanol–water partition coefficient (Wildman–Crippen LogP) is 5.58. The summed E-state index contributed by atoms with van der Waals surface area (Å²) < 4.78 is 5.82. The van der Waals surface area contributed by atoms with Crippen molar-refractivity contribution in [2.75, 3.05) is 6.61 Å². The summed E-state index contributed by atoms with van der Waals surface area (Å²) in [5, 5.41) is 13.7. The zero-order chi connectivity index (χ0) is 27.1. The Kier molecular flexibility index (Phi) is 8.47. The first-order valence-electron chi connectivity index (χ1n) is 14.3. The number of carbonyl (C=O) groups excluding carboxylic acids is 2. The third kappa shape index (κ3) is 6.42. The molecule has 2 aliphatic carbocycles. The zero-order valence-electron chi connectivity index (χ0n) is 22.6. The maximum absolute atomic E-state index is 14.1. The lowest BCUT2D eigenvalue weighted by molar-refractivity contribution is -0.152. The lowest BCUT2D eigenvalue weighted by Gasteiger charge is -2.36. The molecule has 3 aromatic carbocycles. The minimum atomic E-state index is -0.691. The van der Waals surface area contributed by atoms with Gasteiger partial charge in [0.05, 0.1) is 23.5 Å². The SMILES string of the molecule is O=C(OCc1ccccc1)[C@@H](CCc1ccccc1)CC1(C(=O)NC2(CO)Cc3ccccc3C2)CCCC1. The van der Waals surface area contributed by atoms with E-state index in [1.54, 1.807) is 0 Å². The van der Waals surface area contributed by atoms with Crippen molar-refractivity contribution < 1.29 is 19.4 Å². The third-order valence-corrected chi connectivity index (χ3v) is 8.72. The fraction of sp³-hybridized carbons (Fsp3) is 0.412. The van der Waals surface area contributed by atoms with Crippen LogP contribution >= 0.6 is 0 Å². The normalized spacial score (nSPS) is 17.8. The van der Waals surface area contributed by atoms with Crippen molar-refractivity contribution in [1.82, 2.24) is 5.32 Å². The van der Waals surface area contributed by atoms with Crippen molar-refractivity contribution in [1.29, 1.82) is 0 Å². The molecule has 0 aliphatic heterocycles. The topological polar surface area (TPSA) is 75.6 Å². The molecule has 0 radical (unpaired) electrons.